The SMILES string of the molecule is CCOc1ccccc1N(CC(=O)N(Cc1ccc(Cl)cc1Cl)C(Cc1ccccc1)C(=O)NC(C)C)S(C)(=O)=O. The molecule has 220 valence electrons. The van der Waals surface area contributed by atoms with E-state index in [1.165, 1.54) is 4.90 Å². The van der Waals surface area contributed by atoms with Crippen molar-refractivity contribution in [2.75, 3.05) is 23.7 Å². The molecule has 41 heavy (non-hydrogen) atoms. The van der Waals surface area contributed by atoms with Crippen molar-refractivity contribution in [3.8, 4) is 5.75 Å². The fourth-order valence-electron chi connectivity index (χ4n) is 4.30. The van der Waals surface area contributed by atoms with Crippen LogP contribution >= 0.6 is 23.2 Å². The van der Waals surface area contributed by atoms with Crippen LogP contribution in [-0.4, -0.2) is 56.6 Å². The fourth-order valence-corrected chi connectivity index (χ4v) is 5.62. The van der Waals surface area contributed by atoms with E-state index in [1.807, 2.05) is 44.2 Å². The number of benzene rings is 3. The summed E-state index contributed by atoms with van der Waals surface area (Å²) in [4.78, 5) is 29.2. The first-order valence-electron chi connectivity index (χ1n) is 13.2. The minimum atomic E-state index is -3.94. The van der Waals surface area contributed by atoms with Crippen LogP contribution in [-0.2, 0) is 32.6 Å². The molecule has 3 aromatic rings. The lowest BCUT2D eigenvalue weighted by molar-refractivity contribution is -0.140. The van der Waals surface area contributed by atoms with Crippen LogP contribution in [0.5, 0.6) is 5.75 Å². The molecule has 0 radical (unpaired) electrons. The van der Waals surface area contributed by atoms with Gasteiger partial charge < -0.3 is 15.0 Å². The van der Waals surface area contributed by atoms with Gasteiger partial charge in [0.15, 0.2) is 0 Å². The topological polar surface area (TPSA) is 96.0 Å². The summed E-state index contributed by atoms with van der Waals surface area (Å²) in [6.45, 7) is 5.13. The molecule has 0 heterocycles. The number of ether oxygens (including phenoxy) is 1. The van der Waals surface area contributed by atoms with E-state index in [4.69, 9.17) is 27.9 Å². The number of nitrogens with one attached hydrogen (secondary N) is 1. The normalized spacial score (nSPS) is 12.1. The van der Waals surface area contributed by atoms with Crippen LogP contribution in [0.3, 0.4) is 0 Å². The van der Waals surface area contributed by atoms with Crippen molar-refractivity contribution in [1.82, 2.24) is 10.2 Å². The number of nitrogens with zero attached hydrogens (tertiary/aromatic N) is 2. The minimum Gasteiger partial charge on any atom is -0.492 e. The molecule has 0 aliphatic rings. The van der Waals surface area contributed by atoms with Gasteiger partial charge in [0, 0.05) is 29.1 Å². The van der Waals surface area contributed by atoms with Crippen molar-refractivity contribution in [2.24, 2.45) is 0 Å². The Labute approximate surface area is 252 Å². The number of halogens is 2. The van der Waals surface area contributed by atoms with E-state index in [9.17, 15) is 18.0 Å². The Morgan fingerprint density at radius 3 is 2.24 bits per heavy atom. The Morgan fingerprint density at radius 2 is 1.63 bits per heavy atom. The van der Waals surface area contributed by atoms with Crippen LogP contribution in [0.1, 0.15) is 31.9 Å². The van der Waals surface area contributed by atoms with Gasteiger partial charge in [0.05, 0.1) is 18.6 Å². The van der Waals surface area contributed by atoms with Crippen molar-refractivity contribution in [3.63, 3.8) is 0 Å². The zero-order valence-corrected chi connectivity index (χ0v) is 25.8. The third-order valence-corrected chi connectivity index (χ3v) is 7.88. The maximum Gasteiger partial charge on any atom is 0.244 e. The quantitative estimate of drug-likeness (QED) is 0.279. The summed E-state index contributed by atoms with van der Waals surface area (Å²) in [7, 11) is -3.94. The van der Waals surface area contributed by atoms with Gasteiger partial charge in [0.25, 0.3) is 0 Å². The van der Waals surface area contributed by atoms with Gasteiger partial charge in [0.2, 0.25) is 21.8 Å². The van der Waals surface area contributed by atoms with Crippen molar-refractivity contribution in [3.05, 3.63) is 94.0 Å². The Morgan fingerprint density at radius 1 is 0.976 bits per heavy atom. The number of para-hydroxylation sites is 2. The van der Waals surface area contributed by atoms with Crippen LogP contribution in [0.2, 0.25) is 10.0 Å². The maximum atomic E-state index is 14.2. The smallest absolute Gasteiger partial charge is 0.244 e. The van der Waals surface area contributed by atoms with E-state index in [-0.39, 0.29) is 30.6 Å². The molecule has 0 aromatic heterocycles. The summed E-state index contributed by atoms with van der Waals surface area (Å²) >= 11 is 12.6. The second-order valence-electron chi connectivity index (χ2n) is 9.80. The van der Waals surface area contributed by atoms with Crippen molar-refractivity contribution < 1.29 is 22.7 Å². The first-order chi connectivity index (χ1) is 19.4. The number of rotatable bonds is 13. The molecule has 8 nitrogen and oxygen atoms in total. The van der Waals surface area contributed by atoms with Crippen molar-refractivity contribution in [2.45, 2.75) is 45.8 Å². The average molecular weight is 621 g/mol. The molecule has 3 aromatic carbocycles. The molecule has 11 heteroatoms. The Balaban J connectivity index is 2.11. The predicted molar refractivity (Wildman–Crippen MR) is 164 cm³/mol. The largest absolute Gasteiger partial charge is 0.492 e. The van der Waals surface area contributed by atoms with Gasteiger partial charge in [-0.25, -0.2) is 8.42 Å². The molecule has 0 saturated carbocycles. The molecule has 0 aliphatic carbocycles. The predicted octanol–water partition coefficient (Wildman–Crippen LogP) is 5.32. The second kappa shape index (κ2) is 14.6. The van der Waals surface area contributed by atoms with Crippen molar-refractivity contribution >= 4 is 50.7 Å². The minimum absolute atomic E-state index is 0.0530. The van der Waals surface area contributed by atoms with Crippen LogP contribution in [0.15, 0.2) is 72.8 Å². The molecule has 0 fully saturated rings. The highest BCUT2D eigenvalue weighted by atomic mass is 35.5. The van der Waals surface area contributed by atoms with Crippen LogP contribution < -0.4 is 14.4 Å². The third kappa shape index (κ3) is 9.11. The number of amides is 2. The number of carbonyl (C=O) groups excluding carboxylic acids is 2. The summed E-state index contributed by atoms with van der Waals surface area (Å²) in [5, 5.41) is 3.65. The van der Waals surface area contributed by atoms with Gasteiger partial charge in [-0.15, -0.1) is 0 Å². The Bertz CT molecular complexity index is 1450. The van der Waals surface area contributed by atoms with Gasteiger partial charge >= 0.3 is 0 Å². The fraction of sp³-hybridized carbons (Fsp3) is 0.333. The Hall–Kier alpha value is -3.27. The van der Waals surface area contributed by atoms with E-state index < -0.39 is 28.5 Å². The van der Waals surface area contributed by atoms with E-state index in [0.717, 1.165) is 16.1 Å². The van der Waals surface area contributed by atoms with Gasteiger partial charge in [-0.05, 0) is 56.2 Å². The molecular formula is C30H35Cl2N3O5S. The summed E-state index contributed by atoms with van der Waals surface area (Å²) in [6.07, 6.45) is 1.22. The monoisotopic (exact) mass is 619 g/mol. The zero-order valence-electron chi connectivity index (χ0n) is 23.5. The molecule has 0 bridgehead atoms. The number of anilines is 1. The van der Waals surface area contributed by atoms with Gasteiger partial charge in [-0.3, -0.25) is 13.9 Å². The van der Waals surface area contributed by atoms with E-state index in [2.05, 4.69) is 5.32 Å². The highest BCUT2D eigenvalue weighted by Crippen LogP contribution is 2.31. The summed E-state index contributed by atoms with van der Waals surface area (Å²) in [5.41, 5.74) is 1.61. The number of hydrogen-bond donors (Lipinski definition) is 1. The first-order valence-corrected chi connectivity index (χ1v) is 15.8. The number of sulfonamides is 1. The highest BCUT2D eigenvalue weighted by Gasteiger charge is 2.34. The lowest BCUT2D eigenvalue weighted by atomic mass is 10.0. The van der Waals surface area contributed by atoms with E-state index in [0.29, 0.717) is 28.0 Å². The molecule has 1 atom stereocenters. The summed E-state index contributed by atoms with van der Waals surface area (Å²) in [6, 6.07) is 19.6. The van der Waals surface area contributed by atoms with Gasteiger partial charge in [-0.1, -0.05) is 71.7 Å². The molecular weight excluding hydrogens is 585 g/mol. The molecule has 3 rings (SSSR count). The molecule has 1 unspecified atom stereocenters. The zero-order chi connectivity index (χ0) is 30.2. The van der Waals surface area contributed by atoms with Crippen molar-refractivity contribution in [1.29, 1.82) is 0 Å². The number of hydrogen-bond acceptors (Lipinski definition) is 5. The average Bonchev–Trinajstić information content (AvgIpc) is 2.90. The van der Waals surface area contributed by atoms with E-state index >= 15 is 0 Å². The molecule has 2 amide bonds. The maximum absolute atomic E-state index is 14.2. The van der Waals surface area contributed by atoms with Crippen LogP contribution in [0.25, 0.3) is 0 Å². The van der Waals surface area contributed by atoms with Crippen LogP contribution in [0, 0.1) is 0 Å². The van der Waals surface area contributed by atoms with E-state index in [1.54, 1.807) is 49.4 Å². The van der Waals surface area contributed by atoms with Gasteiger partial charge in [-0.2, -0.15) is 0 Å². The molecule has 1 N–H and O–H groups in total. The molecule has 0 saturated heterocycles. The number of carbonyl (C=O) groups is 2. The summed E-state index contributed by atoms with van der Waals surface area (Å²) in [5.74, 6) is -0.644. The molecule has 0 spiro atoms. The first kappa shape index (κ1) is 32.2. The Kier molecular flexibility index (Phi) is 11.5. The highest BCUT2D eigenvalue weighted by molar-refractivity contribution is 7.92. The summed E-state index contributed by atoms with van der Waals surface area (Å²) < 4.78 is 32.7. The molecule has 0 aliphatic heterocycles. The lowest BCUT2D eigenvalue weighted by Gasteiger charge is -2.34. The second-order valence-corrected chi connectivity index (χ2v) is 12.5. The standard InChI is InChI=1S/C30H35Cl2N3O5S/c1-5-40-28-14-10-9-13-26(28)35(41(4,38)39)20-29(36)34(19-23-15-16-24(31)18-25(23)32)27(30(37)33-21(2)3)17-22-11-7-6-8-12-22/h6-16,18,21,27H,5,17,19-20H2,1-4H3,(H,33,37). The van der Waals surface area contributed by atoms with Gasteiger partial charge in [0.1, 0.15) is 18.3 Å². The third-order valence-electron chi connectivity index (χ3n) is 6.17. The lowest BCUT2D eigenvalue weighted by Crippen LogP contribution is -2.54. The van der Waals surface area contributed by atoms with Crippen LogP contribution in [0.4, 0.5) is 5.69 Å².